The third kappa shape index (κ3) is 5.05. The molecule has 0 bridgehead atoms. The van der Waals surface area contributed by atoms with Crippen molar-refractivity contribution in [3.05, 3.63) is 54.0 Å². The summed E-state index contributed by atoms with van der Waals surface area (Å²) >= 11 is 0. The van der Waals surface area contributed by atoms with Gasteiger partial charge in [0.25, 0.3) is 0 Å². The van der Waals surface area contributed by atoms with Crippen LogP contribution in [0, 0.1) is 0 Å². The normalized spacial score (nSPS) is 17.1. The Labute approximate surface area is 182 Å². The number of pyridine rings is 1. The Morgan fingerprint density at radius 2 is 1.97 bits per heavy atom. The zero-order chi connectivity index (χ0) is 21.6. The fraction of sp³-hybridized carbons (Fsp3) is 0.409. The Hall–Kier alpha value is -3.33. The van der Waals surface area contributed by atoms with Gasteiger partial charge in [-0.1, -0.05) is 6.07 Å². The fourth-order valence-corrected chi connectivity index (χ4v) is 3.87. The Bertz CT molecular complexity index is 1030. The average molecular weight is 424 g/mol. The van der Waals surface area contributed by atoms with Crippen LogP contribution in [0.25, 0.3) is 5.65 Å². The summed E-state index contributed by atoms with van der Waals surface area (Å²) in [5.41, 5.74) is 2.01. The van der Waals surface area contributed by atoms with E-state index in [1.165, 1.54) is 5.56 Å². The minimum Gasteiger partial charge on any atom is -0.497 e. The maximum Gasteiger partial charge on any atom is 0.191 e. The van der Waals surface area contributed by atoms with Crippen molar-refractivity contribution in [1.82, 2.24) is 30.1 Å². The molecule has 0 spiro atoms. The molecule has 0 amide bonds. The molecule has 9 heteroatoms. The predicted octanol–water partition coefficient (Wildman–Crippen LogP) is 1.69. The van der Waals surface area contributed by atoms with Crippen molar-refractivity contribution in [1.29, 1.82) is 0 Å². The van der Waals surface area contributed by atoms with E-state index in [9.17, 15) is 0 Å². The highest BCUT2D eigenvalue weighted by molar-refractivity contribution is 5.79. The summed E-state index contributed by atoms with van der Waals surface area (Å²) in [6.45, 7) is 3.35. The average Bonchev–Trinajstić information content (AvgIpc) is 3.42. The van der Waals surface area contributed by atoms with Gasteiger partial charge in [0.05, 0.1) is 20.8 Å². The summed E-state index contributed by atoms with van der Waals surface area (Å²) in [5, 5.41) is 15.3. The Kier molecular flexibility index (Phi) is 6.51. The van der Waals surface area contributed by atoms with E-state index in [1.807, 2.05) is 34.9 Å². The third-order valence-electron chi connectivity index (χ3n) is 5.45. The fourth-order valence-electron chi connectivity index (χ4n) is 3.87. The molecule has 2 N–H and O–H groups in total. The van der Waals surface area contributed by atoms with Gasteiger partial charge in [-0.2, -0.15) is 0 Å². The van der Waals surface area contributed by atoms with E-state index in [0.717, 1.165) is 55.0 Å². The molecule has 1 aliphatic heterocycles. The first-order valence-corrected chi connectivity index (χ1v) is 10.4. The van der Waals surface area contributed by atoms with E-state index in [1.54, 1.807) is 21.3 Å². The molecule has 1 unspecified atom stereocenters. The number of nitrogens with zero attached hydrogens (tertiary/aromatic N) is 5. The first-order chi connectivity index (χ1) is 15.2. The summed E-state index contributed by atoms with van der Waals surface area (Å²) in [4.78, 5) is 6.79. The second-order valence-corrected chi connectivity index (χ2v) is 7.56. The van der Waals surface area contributed by atoms with Gasteiger partial charge in [-0.3, -0.25) is 14.3 Å². The van der Waals surface area contributed by atoms with Gasteiger partial charge in [-0.15, -0.1) is 10.2 Å². The zero-order valence-electron chi connectivity index (χ0n) is 18.2. The number of likely N-dealkylation sites (tertiary alicyclic amines) is 1. The molecule has 3 aromatic rings. The van der Waals surface area contributed by atoms with Crippen LogP contribution in [0.3, 0.4) is 0 Å². The molecule has 3 heterocycles. The maximum absolute atomic E-state index is 5.39. The maximum atomic E-state index is 5.39. The molecule has 31 heavy (non-hydrogen) atoms. The number of hydrogen-bond donors (Lipinski definition) is 2. The van der Waals surface area contributed by atoms with Crippen molar-refractivity contribution in [3.63, 3.8) is 0 Å². The van der Waals surface area contributed by atoms with E-state index >= 15 is 0 Å². The van der Waals surface area contributed by atoms with E-state index in [-0.39, 0.29) is 0 Å². The Morgan fingerprint density at radius 3 is 2.71 bits per heavy atom. The van der Waals surface area contributed by atoms with Crippen LogP contribution >= 0.6 is 0 Å². The first kappa shape index (κ1) is 20.9. The molecule has 2 aromatic heterocycles. The summed E-state index contributed by atoms with van der Waals surface area (Å²) in [5.74, 6) is 3.24. The number of fused-ring (bicyclic) bond motifs is 1. The predicted molar refractivity (Wildman–Crippen MR) is 120 cm³/mol. The van der Waals surface area contributed by atoms with Crippen LogP contribution in [-0.4, -0.2) is 65.9 Å². The molecular formula is C22H29N7O2. The van der Waals surface area contributed by atoms with Gasteiger partial charge in [0, 0.05) is 45.0 Å². The smallest absolute Gasteiger partial charge is 0.191 e. The van der Waals surface area contributed by atoms with Crippen molar-refractivity contribution in [2.45, 2.75) is 25.6 Å². The van der Waals surface area contributed by atoms with E-state index in [4.69, 9.17) is 9.47 Å². The van der Waals surface area contributed by atoms with Gasteiger partial charge in [0.2, 0.25) is 0 Å². The van der Waals surface area contributed by atoms with Gasteiger partial charge in [0.15, 0.2) is 17.4 Å². The number of ether oxygens (including phenoxy) is 2. The molecule has 9 nitrogen and oxygen atoms in total. The summed E-state index contributed by atoms with van der Waals surface area (Å²) in [7, 11) is 5.14. The molecule has 1 saturated heterocycles. The summed E-state index contributed by atoms with van der Waals surface area (Å²) in [6.07, 6.45) is 3.01. The number of guanidine groups is 1. The molecule has 1 aliphatic rings. The quantitative estimate of drug-likeness (QED) is 0.442. The first-order valence-electron chi connectivity index (χ1n) is 10.4. The van der Waals surface area contributed by atoms with E-state index < -0.39 is 0 Å². The molecule has 0 radical (unpaired) electrons. The van der Waals surface area contributed by atoms with Crippen molar-refractivity contribution in [2.24, 2.45) is 4.99 Å². The van der Waals surface area contributed by atoms with Crippen LogP contribution in [-0.2, 0) is 13.1 Å². The Morgan fingerprint density at radius 1 is 1.16 bits per heavy atom. The van der Waals surface area contributed by atoms with Crippen molar-refractivity contribution >= 4 is 11.6 Å². The molecule has 0 aliphatic carbocycles. The third-order valence-corrected chi connectivity index (χ3v) is 5.45. The lowest BCUT2D eigenvalue weighted by atomic mass is 10.2. The highest BCUT2D eigenvalue weighted by Gasteiger charge is 2.23. The van der Waals surface area contributed by atoms with E-state index in [2.05, 4.69) is 42.9 Å². The number of hydrogen-bond acceptors (Lipinski definition) is 6. The van der Waals surface area contributed by atoms with Gasteiger partial charge >= 0.3 is 0 Å². The number of benzene rings is 1. The lowest BCUT2D eigenvalue weighted by molar-refractivity contribution is 0.321. The van der Waals surface area contributed by atoms with Gasteiger partial charge in [0.1, 0.15) is 11.5 Å². The van der Waals surface area contributed by atoms with Crippen LogP contribution in [0.4, 0.5) is 0 Å². The second-order valence-electron chi connectivity index (χ2n) is 7.56. The SMILES string of the molecule is CN=C(NCc1nnc2ccccn12)NC1CCN(Cc2cc(OC)cc(OC)c2)C1. The highest BCUT2D eigenvalue weighted by atomic mass is 16.5. The van der Waals surface area contributed by atoms with Crippen molar-refractivity contribution in [3.8, 4) is 11.5 Å². The van der Waals surface area contributed by atoms with Crippen LogP contribution in [0.5, 0.6) is 11.5 Å². The number of methoxy groups -OCH3 is 2. The van der Waals surface area contributed by atoms with Gasteiger partial charge in [-0.25, -0.2) is 0 Å². The van der Waals surface area contributed by atoms with Crippen LogP contribution < -0.4 is 20.1 Å². The number of nitrogens with one attached hydrogen (secondary N) is 2. The largest absolute Gasteiger partial charge is 0.497 e. The zero-order valence-corrected chi connectivity index (χ0v) is 18.2. The van der Waals surface area contributed by atoms with Gasteiger partial charge in [-0.05, 0) is 36.2 Å². The summed E-state index contributed by atoms with van der Waals surface area (Å²) in [6, 6.07) is 12.2. The minimum absolute atomic E-state index is 0.328. The second kappa shape index (κ2) is 9.65. The topological polar surface area (TPSA) is 88.3 Å². The molecule has 4 rings (SSSR count). The van der Waals surface area contributed by atoms with Crippen LogP contribution in [0.2, 0.25) is 0 Å². The van der Waals surface area contributed by atoms with Crippen molar-refractivity contribution in [2.75, 3.05) is 34.4 Å². The Balaban J connectivity index is 1.31. The van der Waals surface area contributed by atoms with Crippen LogP contribution in [0.15, 0.2) is 47.6 Å². The molecule has 1 atom stereocenters. The number of rotatable bonds is 7. The standard InChI is InChI=1S/C22H29N7O2/c1-23-22(24-13-21-27-26-20-6-4-5-8-29(20)21)25-17-7-9-28(15-17)14-16-10-18(30-2)12-19(11-16)31-3/h4-6,8,10-12,17H,7,9,13-15H2,1-3H3,(H2,23,24,25). The molecule has 1 fully saturated rings. The van der Waals surface area contributed by atoms with E-state index in [0.29, 0.717) is 12.6 Å². The minimum atomic E-state index is 0.328. The van der Waals surface area contributed by atoms with Gasteiger partial charge < -0.3 is 20.1 Å². The monoisotopic (exact) mass is 423 g/mol. The van der Waals surface area contributed by atoms with Crippen molar-refractivity contribution < 1.29 is 9.47 Å². The lowest BCUT2D eigenvalue weighted by Gasteiger charge is -2.19. The van der Waals surface area contributed by atoms with Crippen LogP contribution in [0.1, 0.15) is 17.8 Å². The number of aromatic nitrogens is 3. The molecule has 0 saturated carbocycles. The number of aliphatic imine (C=N–C) groups is 1. The highest BCUT2D eigenvalue weighted by Crippen LogP contribution is 2.24. The summed E-state index contributed by atoms with van der Waals surface area (Å²) < 4.78 is 12.7. The molecular weight excluding hydrogens is 394 g/mol. The molecule has 164 valence electrons. The molecule has 1 aromatic carbocycles. The lowest BCUT2D eigenvalue weighted by Crippen LogP contribution is -2.44.